The van der Waals surface area contributed by atoms with Crippen LogP contribution in [0.1, 0.15) is 543 Å². The van der Waals surface area contributed by atoms with Gasteiger partial charge in [0.05, 0.1) is 25.7 Å². The molecule has 0 saturated heterocycles. The summed E-state index contributed by atoms with van der Waals surface area (Å²) in [4.78, 5) is 63.8. The van der Waals surface area contributed by atoms with Gasteiger partial charge in [-0.15, -0.1) is 0 Å². The third-order valence-electron chi connectivity index (χ3n) is 28.4. The van der Waals surface area contributed by atoms with Crippen molar-refractivity contribution in [3.8, 4) is 0 Å². The van der Waals surface area contributed by atoms with E-state index in [0.29, 0.717) is 101 Å². The number of rotatable bonds is 107. The first-order valence-electron chi connectivity index (χ1n) is 56.9. The first-order valence-corrected chi connectivity index (χ1v) is 56.9. The summed E-state index contributed by atoms with van der Waals surface area (Å²) in [7, 11) is 4.58. The molecule has 0 aliphatic rings. The molecule has 127 heavy (non-hydrogen) atoms. The lowest BCUT2D eigenvalue weighted by molar-refractivity contribution is -0.150. The Morgan fingerprint density at radius 1 is 0.268 bits per heavy atom. The van der Waals surface area contributed by atoms with Gasteiger partial charge in [-0.05, 0) is 199 Å². The number of nitrogens with zero attached hydrogens (tertiary/aromatic N) is 4. The van der Waals surface area contributed by atoms with Gasteiger partial charge >= 0.3 is 17.9 Å². The van der Waals surface area contributed by atoms with Gasteiger partial charge in [0.25, 0.3) is 0 Å². The number of carbonyl (C=O) groups is 4. The lowest BCUT2D eigenvalue weighted by Gasteiger charge is -2.29. The number of ether oxygens (including phenoxy) is 4. The molecular formula is C113H224N4O10. The Morgan fingerprint density at radius 3 is 0.961 bits per heavy atom. The summed E-state index contributed by atoms with van der Waals surface area (Å²) < 4.78 is 24.2. The van der Waals surface area contributed by atoms with Crippen LogP contribution in [0.15, 0.2) is 0 Å². The van der Waals surface area contributed by atoms with Crippen LogP contribution in [0.3, 0.4) is 0 Å². The highest BCUT2D eigenvalue weighted by Gasteiger charge is 2.29. The lowest BCUT2D eigenvalue weighted by atomic mass is 9.77. The van der Waals surface area contributed by atoms with Crippen LogP contribution in [0.2, 0.25) is 0 Å². The average Bonchev–Trinajstić information content (AvgIpc) is 0.882. The molecule has 0 aliphatic heterocycles. The van der Waals surface area contributed by atoms with Gasteiger partial charge < -0.3 is 48.8 Å². The average molecular weight is 1800 g/mol. The van der Waals surface area contributed by atoms with Crippen LogP contribution in [0.25, 0.3) is 0 Å². The summed E-state index contributed by atoms with van der Waals surface area (Å²) in [5.41, 5.74) is 0. The van der Waals surface area contributed by atoms with E-state index in [4.69, 9.17) is 24.1 Å². The molecule has 0 spiro atoms. The van der Waals surface area contributed by atoms with Gasteiger partial charge in [-0.3, -0.25) is 19.2 Å². The maximum atomic E-state index is 14.2. The molecule has 0 rings (SSSR count). The van der Waals surface area contributed by atoms with E-state index < -0.39 is 0 Å². The fraction of sp³-hybridized carbons (Fsp3) is 0.965. The number of hydrogen-bond acceptors (Lipinski definition) is 14. The number of carbonyl (C=O) groups excluding carboxylic acids is 4. The summed E-state index contributed by atoms with van der Waals surface area (Å²) in [6.07, 6.45) is 89.2. The molecular weight excluding hydrogens is 1570 g/mol. The van der Waals surface area contributed by atoms with Crippen molar-refractivity contribution in [2.75, 3.05) is 126 Å². The normalized spacial score (nSPS) is 13.4. The molecule has 756 valence electrons. The lowest BCUT2D eigenvalue weighted by Crippen LogP contribution is -2.35. The largest absolute Gasteiger partial charge is 0.465 e. The Morgan fingerprint density at radius 2 is 0.575 bits per heavy atom. The minimum Gasteiger partial charge on any atom is -0.465 e. The van der Waals surface area contributed by atoms with Gasteiger partial charge in [0.1, 0.15) is 6.61 Å². The van der Waals surface area contributed by atoms with Crippen LogP contribution in [0, 0.1) is 35.5 Å². The Labute approximate surface area is 791 Å². The molecule has 14 heteroatoms. The van der Waals surface area contributed by atoms with E-state index in [-0.39, 0.29) is 23.8 Å². The summed E-state index contributed by atoms with van der Waals surface area (Å²) in [5, 5.41) is 18.4. The molecule has 14 nitrogen and oxygen atoms in total. The van der Waals surface area contributed by atoms with Gasteiger partial charge in [0, 0.05) is 65.3 Å². The fourth-order valence-electron chi connectivity index (χ4n) is 19.4. The monoisotopic (exact) mass is 1800 g/mol. The van der Waals surface area contributed by atoms with E-state index in [2.05, 4.69) is 89.1 Å². The second-order valence-electron chi connectivity index (χ2n) is 40.5. The predicted molar refractivity (Wildman–Crippen MR) is 548 cm³/mol. The van der Waals surface area contributed by atoms with Crippen molar-refractivity contribution < 1.29 is 48.3 Å². The molecule has 0 aromatic carbocycles. The van der Waals surface area contributed by atoms with Crippen molar-refractivity contribution in [2.24, 2.45) is 35.5 Å². The van der Waals surface area contributed by atoms with Gasteiger partial charge in [-0.1, -0.05) is 409 Å². The minimum atomic E-state index is -0.0215. The van der Waals surface area contributed by atoms with Crippen LogP contribution in [0.5, 0.6) is 0 Å². The maximum absolute atomic E-state index is 14.2. The molecule has 0 heterocycles. The maximum Gasteiger partial charge on any atom is 0.308 e. The number of unbranched alkanes of at least 4 members (excludes halogenated alkanes) is 49. The van der Waals surface area contributed by atoms with E-state index in [1.807, 2.05) is 0 Å². The summed E-state index contributed by atoms with van der Waals surface area (Å²) in [5.74, 6) is 2.87. The Bertz CT molecular complexity index is 2250. The third kappa shape index (κ3) is 86.4. The van der Waals surface area contributed by atoms with E-state index in [0.717, 1.165) is 174 Å². The van der Waals surface area contributed by atoms with Crippen molar-refractivity contribution in [3.63, 3.8) is 0 Å². The molecule has 0 aliphatic carbocycles. The van der Waals surface area contributed by atoms with Crippen molar-refractivity contribution in [1.82, 2.24) is 19.6 Å². The van der Waals surface area contributed by atoms with Crippen LogP contribution < -0.4 is 0 Å². The van der Waals surface area contributed by atoms with Crippen molar-refractivity contribution in [1.29, 1.82) is 0 Å². The van der Waals surface area contributed by atoms with Crippen LogP contribution in [-0.4, -0.2) is 179 Å². The Kier molecular flexibility index (Phi) is 98.0. The molecule has 6 unspecified atom stereocenters. The zero-order valence-corrected chi connectivity index (χ0v) is 87.2. The van der Waals surface area contributed by atoms with Crippen LogP contribution in [-0.2, 0) is 38.1 Å². The summed E-state index contributed by atoms with van der Waals surface area (Å²) in [6.45, 7) is 33.1. The fourth-order valence-corrected chi connectivity index (χ4v) is 19.4. The SMILES string of the molecule is CCCCCCCCC(CCCCCC)COC(=O)CCCCCCCN(CCCCCCCC(=O)OCC(CCCCCCCC)CCCC(CC)C(CC)CC(CCCCCC)C(=O)OCCCCCCCCCN(CCCCCCCCCOCC(=O)CC(CCCC)CCCCCC)CCN(C)CCCCCCCCCO)CCN(C)CCCCCCO. The van der Waals surface area contributed by atoms with Gasteiger partial charge in [-0.25, -0.2) is 0 Å². The second kappa shape index (κ2) is 99.8. The number of Topliss-reactive ketones (excluding diaryl/α,β-unsaturated/α-hetero) is 1. The summed E-state index contributed by atoms with van der Waals surface area (Å²) in [6, 6.07) is 0. The van der Waals surface area contributed by atoms with E-state index in [1.54, 1.807) is 0 Å². The molecule has 0 amide bonds. The molecule has 0 aromatic rings. The number of aliphatic hydroxyl groups is 2. The number of aliphatic hydroxyl groups excluding tert-OH is 2. The Hall–Kier alpha value is -2.20. The zero-order chi connectivity index (χ0) is 92.7. The third-order valence-corrected chi connectivity index (χ3v) is 28.4. The second-order valence-corrected chi connectivity index (χ2v) is 40.5. The minimum absolute atomic E-state index is 0.00664. The highest BCUT2D eigenvalue weighted by atomic mass is 16.5. The number of likely N-dealkylation sites (N-methyl/N-ethyl adjacent to an activating group) is 2. The molecule has 2 N–H and O–H groups in total. The van der Waals surface area contributed by atoms with E-state index in [9.17, 15) is 24.3 Å². The highest BCUT2D eigenvalue weighted by Crippen LogP contribution is 2.35. The smallest absolute Gasteiger partial charge is 0.308 e. The molecule has 0 saturated carbocycles. The topological polar surface area (TPSA) is 159 Å². The standard InChI is InChI=1S/C113H224N4O10/c1-11-19-25-30-43-59-78-105(77-58-28-22-14-4)101-126-111(121)83-62-45-41-50-68-89-117(94-92-115(10)86-65-52-54-71-96-119)90-69-51-42-46-63-84-112(122)127-102-106(79-60-44-31-26-20-12-2)80-74-82-107(17-7)108(18-8)100-109(81-61-29-23-15-5)113(123)125-98-73-56-40-34-37-49-67-88-116(93-91-114(9)85-64-47-35-32-38-53-70-95-118)87-66-48-36-33-39-55-72-97-124-103-110(120)99-104(75-24-16-6)76-57-27-21-13-3/h104-109,118-119H,11-103H2,1-10H3. The van der Waals surface area contributed by atoms with Crippen molar-refractivity contribution in [2.45, 2.75) is 543 Å². The van der Waals surface area contributed by atoms with Gasteiger partial charge in [0.15, 0.2) is 5.78 Å². The first-order chi connectivity index (χ1) is 62.3. The van der Waals surface area contributed by atoms with Gasteiger partial charge in [-0.2, -0.15) is 0 Å². The van der Waals surface area contributed by atoms with Gasteiger partial charge in [0.2, 0.25) is 0 Å². The van der Waals surface area contributed by atoms with Crippen molar-refractivity contribution >= 4 is 23.7 Å². The molecule has 0 bridgehead atoms. The van der Waals surface area contributed by atoms with E-state index >= 15 is 0 Å². The quantitative estimate of drug-likeness (QED) is 0.0337. The Balaban J connectivity index is 5.32. The number of hydrogen-bond donors (Lipinski definition) is 2. The molecule has 0 radical (unpaired) electrons. The number of ketones is 1. The van der Waals surface area contributed by atoms with Crippen LogP contribution >= 0.6 is 0 Å². The van der Waals surface area contributed by atoms with E-state index in [1.165, 1.54) is 360 Å². The summed E-state index contributed by atoms with van der Waals surface area (Å²) >= 11 is 0. The van der Waals surface area contributed by atoms with Crippen molar-refractivity contribution in [3.05, 3.63) is 0 Å². The van der Waals surface area contributed by atoms with Crippen LogP contribution in [0.4, 0.5) is 0 Å². The molecule has 0 aromatic heterocycles. The predicted octanol–water partition coefficient (Wildman–Crippen LogP) is 31.2. The molecule has 0 fully saturated rings. The molecule has 6 atom stereocenters. The first kappa shape index (κ1) is 125. The highest BCUT2D eigenvalue weighted by molar-refractivity contribution is 5.79. The number of esters is 3. The zero-order valence-electron chi connectivity index (χ0n) is 87.2.